The van der Waals surface area contributed by atoms with Crippen molar-refractivity contribution in [3.05, 3.63) is 84.7 Å². The summed E-state index contributed by atoms with van der Waals surface area (Å²) >= 11 is 0. The van der Waals surface area contributed by atoms with Gasteiger partial charge in [0, 0.05) is 35.5 Å². The predicted molar refractivity (Wildman–Crippen MR) is 117 cm³/mol. The van der Waals surface area contributed by atoms with Crippen LogP contribution in [0.4, 0.5) is 27.7 Å². The highest BCUT2D eigenvalue weighted by atomic mass is 16.2. The molecule has 4 aromatic rings. The number of aryl methyl sites for hydroxylation is 2. The molecule has 0 spiro atoms. The third-order valence-corrected chi connectivity index (χ3v) is 4.42. The maximum absolute atomic E-state index is 12.2. The molecule has 0 atom stereocenters. The van der Waals surface area contributed by atoms with Crippen LogP contribution in [0.15, 0.2) is 73.3 Å². The van der Waals surface area contributed by atoms with Crippen molar-refractivity contribution in [1.82, 2.24) is 19.5 Å². The lowest BCUT2D eigenvalue weighted by Crippen LogP contribution is -2.19. The number of amides is 2. The van der Waals surface area contributed by atoms with Crippen LogP contribution in [-0.2, 0) is 0 Å². The number of carbonyl (C=O) groups is 1. The van der Waals surface area contributed by atoms with E-state index in [1.807, 2.05) is 79.2 Å². The smallest absolute Gasteiger partial charge is 0.323 e. The maximum atomic E-state index is 12.2. The lowest BCUT2D eigenvalue weighted by atomic mass is 10.2. The van der Waals surface area contributed by atoms with Crippen LogP contribution in [0.3, 0.4) is 0 Å². The summed E-state index contributed by atoms with van der Waals surface area (Å²) in [5.74, 6) is 2.23. The summed E-state index contributed by atoms with van der Waals surface area (Å²) in [7, 11) is 0. The molecule has 0 aliphatic carbocycles. The van der Waals surface area contributed by atoms with Crippen molar-refractivity contribution in [2.75, 3.05) is 16.0 Å². The zero-order valence-electron chi connectivity index (χ0n) is 16.6. The summed E-state index contributed by atoms with van der Waals surface area (Å²) in [6, 6.07) is 16.6. The van der Waals surface area contributed by atoms with Crippen molar-refractivity contribution in [2.24, 2.45) is 0 Å². The number of hydrogen-bond acceptors (Lipinski definition) is 5. The van der Waals surface area contributed by atoms with Crippen LogP contribution >= 0.6 is 0 Å². The second-order valence-corrected chi connectivity index (χ2v) is 6.76. The monoisotopic (exact) mass is 399 g/mol. The maximum Gasteiger partial charge on any atom is 0.323 e. The molecule has 2 amide bonds. The van der Waals surface area contributed by atoms with Gasteiger partial charge in [0.25, 0.3) is 0 Å². The van der Waals surface area contributed by atoms with Crippen LogP contribution in [0, 0.1) is 13.8 Å². The molecule has 0 radical (unpaired) electrons. The first-order valence-electron chi connectivity index (χ1n) is 9.41. The van der Waals surface area contributed by atoms with Crippen molar-refractivity contribution in [1.29, 1.82) is 0 Å². The van der Waals surface area contributed by atoms with Gasteiger partial charge in [0.05, 0.1) is 0 Å². The van der Waals surface area contributed by atoms with E-state index < -0.39 is 0 Å². The van der Waals surface area contributed by atoms with Crippen LogP contribution in [-0.4, -0.2) is 25.6 Å². The standard InChI is InChI=1S/C22H21N7O/c1-15-4-3-5-19(12-15)28-22(30)27-18-8-6-17(7-9-18)26-20-13-21(25-14-24-20)29-11-10-23-16(29)2/h3-14H,1-2H3,(H,24,25,26)(H2,27,28,30). The van der Waals surface area contributed by atoms with Gasteiger partial charge in [0.1, 0.15) is 23.8 Å². The van der Waals surface area contributed by atoms with E-state index in [1.165, 1.54) is 6.33 Å². The van der Waals surface area contributed by atoms with Crippen molar-refractivity contribution in [3.8, 4) is 5.82 Å². The molecular formula is C22H21N7O. The first-order chi connectivity index (χ1) is 14.6. The SMILES string of the molecule is Cc1cccc(NC(=O)Nc2ccc(Nc3cc(-n4ccnc4C)ncn3)cc2)c1. The van der Waals surface area contributed by atoms with Crippen LogP contribution in [0.1, 0.15) is 11.4 Å². The topological polar surface area (TPSA) is 96.8 Å². The molecule has 0 saturated carbocycles. The predicted octanol–water partition coefficient (Wildman–Crippen LogP) is 4.67. The Labute approximate surface area is 174 Å². The second-order valence-electron chi connectivity index (χ2n) is 6.76. The number of urea groups is 1. The van der Waals surface area contributed by atoms with Gasteiger partial charge in [-0.25, -0.2) is 19.7 Å². The van der Waals surface area contributed by atoms with Gasteiger partial charge in [0.2, 0.25) is 0 Å². The van der Waals surface area contributed by atoms with E-state index in [0.29, 0.717) is 11.5 Å². The Morgan fingerprint density at radius 2 is 1.63 bits per heavy atom. The number of carbonyl (C=O) groups excluding carboxylic acids is 1. The summed E-state index contributed by atoms with van der Waals surface area (Å²) < 4.78 is 1.88. The van der Waals surface area contributed by atoms with Crippen LogP contribution in [0.25, 0.3) is 5.82 Å². The van der Waals surface area contributed by atoms with Crippen molar-refractivity contribution >= 4 is 28.9 Å². The molecular weight excluding hydrogens is 378 g/mol. The number of aromatic nitrogens is 4. The number of imidazole rings is 1. The van der Waals surface area contributed by atoms with Crippen LogP contribution in [0.2, 0.25) is 0 Å². The Hall–Kier alpha value is -4.20. The molecule has 2 heterocycles. The highest BCUT2D eigenvalue weighted by Gasteiger charge is 2.06. The van der Waals surface area contributed by atoms with Gasteiger partial charge >= 0.3 is 6.03 Å². The largest absolute Gasteiger partial charge is 0.340 e. The third kappa shape index (κ3) is 4.61. The average molecular weight is 399 g/mol. The van der Waals surface area contributed by atoms with E-state index in [1.54, 1.807) is 6.20 Å². The highest BCUT2D eigenvalue weighted by Crippen LogP contribution is 2.19. The Bertz CT molecular complexity index is 1170. The molecule has 0 aliphatic rings. The fraction of sp³-hybridized carbons (Fsp3) is 0.0909. The minimum atomic E-state index is -0.294. The van der Waals surface area contributed by atoms with Crippen LogP contribution in [0.5, 0.6) is 0 Å². The summed E-state index contributed by atoms with van der Waals surface area (Å²) in [4.78, 5) is 24.9. The average Bonchev–Trinajstić information content (AvgIpc) is 3.16. The summed E-state index contributed by atoms with van der Waals surface area (Å²) in [6.45, 7) is 3.89. The van der Waals surface area contributed by atoms with E-state index in [9.17, 15) is 4.79 Å². The minimum absolute atomic E-state index is 0.294. The fourth-order valence-electron chi connectivity index (χ4n) is 2.97. The molecule has 0 unspecified atom stereocenters. The summed E-state index contributed by atoms with van der Waals surface area (Å²) in [5.41, 5.74) is 3.35. The third-order valence-electron chi connectivity index (χ3n) is 4.42. The number of nitrogens with zero attached hydrogens (tertiary/aromatic N) is 4. The summed E-state index contributed by atoms with van der Waals surface area (Å²) in [5, 5.41) is 8.88. The Balaban J connectivity index is 1.39. The Morgan fingerprint density at radius 1 is 0.867 bits per heavy atom. The quantitative estimate of drug-likeness (QED) is 0.453. The zero-order valence-corrected chi connectivity index (χ0v) is 16.6. The number of benzene rings is 2. The Morgan fingerprint density at radius 3 is 2.37 bits per heavy atom. The second kappa shape index (κ2) is 8.44. The van der Waals surface area contributed by atoms with E-state index in [-0.39, 0.29) is 6.03 Å². The normalized spacial score (nSPS) is 10.5. The molecule has 8 heteroatoms. The van der Waals surface area contributed by atoms with Gasteiger partial charge in [0.15, 0.2) is 0 Å². The summed E-state index contributed by atoms with van der Waals surface area (Å²) in [6.07, 6.45) is 5.08. The van der Waals surface area contributed by atoms with Gasteiger partial charge in [-0.3, -0.25) is 4.57 Å². The van der Waals surface area contributed by atoms with Gasteiger partial charge in [-0.1, -0.05) is 12.1 Å². The van der Waals surface area contributed by atoms with Crippen molar-refractivity contribution in [2.45, 2.75) is 13.8 Å². The zero-order chi connectivity index (χ0) is 20.9. The van der Waals surface area contributed by atoms with Crippen LogP contribution < -0.4 is 16.0 Å². The molecule has 30 heavy (non-hydrogen) atoms. The molecule has 4 rings (SSSR count). The minimum Gasteiger partial charge on any atom is -0.340 e. The van der Waals surface area contributed by atoms with E-state index in [2.05, 4.69) is 30.9 Å². The molecule has 2 aromatic carbocycles. The van der Waals surface area contributed by atoms with Gasteiger partial charge in [-0.2, -0.15) is 0 Å². The highest BCUT2D eigenvalue weighted by molar-refractivity contribution is 5.99. The van der Waals surface area contributed by atoms with E-state index in [4.69, 9.17) is 0 Å². The number of nitrogens with one attached hydrogen (secondary N) is 3. The van der Waals surface area contributed by atoms with E-state index >= 15 is 0 Å². The van der Waals surface area contributed by atoms with Gasteiger partial charge in [-0.05, 0) is 55.8 Å². The lowest BCUT2D eigenvalue weighted by Gasteiger charge is -2.10. The molecule has 2 aromatic heterocycles. The number of anilines is 4. The molecule has 3 N–H and O–H groups in total. The van der Waals surface area contributed by atoms with E-state index in [0.717, 1.165) is 28.6 Å². The first kappa shape index (κ1) is 19.1. The first-order valence-corrected chi connectivity index (χ1v) is 9.41. The number of hydrogen-bond donors (Lipinski definition) is 3. The molecule has 0 fully saturated rings. The lowest BCUT2D eigenvalue weighted by molar-refractivity contribution is 0.262. The number of rotatable bonds is 5. The molecule has 0 aliphatic heterocycles. The Kier molecular flexibility index (Phi) is 5.38. The van der Waals surface area contributed by atoms with Crippen molar-refractivity contribution in [3.63, 3.8) is 0 Å². The molecule has 0 bridgehead atoms. The molecule has 8 nitrogen and oxygen atoms in total. The van der Waals surface area contributed by atoms with Gasteiger partial charge < -0.3 is 16.0 Å². The van der Waals surface area contributed by atoms with Crippen molar-refractivity contribution < 1.29 is 4.79 Å². The fourth-order valence-corrected chi connectivity index (χ4v) is 2.97. The molecule has 0 saturated heterocycles. The molecule has 150 valence electrons. The van der Waals surface area contributed by atoms with Gasteiger partial charge in [-0.15, -0.1) is 0 Å².